The number of anilines is 1. The van der Waals surface area contributed by atoms with Gasteiger partial charge in [0, 0.05) is 62.7 Å². The fraction of sp³-hybridized carbons (Fsp3) is 0.469. The number of benzene rings is 1. The Morgan fingerprint density at radius 2 is 2.07 bits per heavy atom. The number of aryl methyl sites for hydroxylation is 1. The van der Waals surface area contributed by atoms with Gasteiger partial charge in [0.25, 0.3) is 5.56 Å². The molecule has 2 aliphatic heterocycles. The molecule has 0 bridgehead atoms. The molecule has 11 nitrogen and oxygen atoms in total. The molecule has 2 saturated heterocycles. The standard InChI is InChI=1S/C32H34ClF2N5O6/c1-18-16-39(11-9-32(18,35)22-13-19(33)15-36-30(22)42)26(41)17-45-12-3-2-6-25-37-27-21-8-7-20(34)14-24(21)46-28(27)29(38-25)40-10-4-5-23(40)31(43)44/h7-8,13-15,18,23H,2-6,9-12,16-17H2,1H3,(H,36,42)(H,43,44)/t18-,23-,32+/m0/s1. The number of H-pyrrole nitrogens is 1. The van der Waals surface area contributed by atoms with Crippen LogP contribution in [0.1, 0.15) is 50.4 Å². The Kier molecular flexibility index (Phi) is 8.97. The number of hydrogen-bond acceptors (Lipinski definition) is 8. The molecule has 0 radical (unpaired) electrons. The molecule has 5 heterocycles. The average Bonchev–Trinajstić information content (AvgIpc) is 3.66. The maximum Gasteiger partial charge on any atom is 0.326 e. The number of aromatic nitrogens is 3. The molecule has 1 amide bonds. The van der Waals surface area contributed by atoms with Crippen LogP contribution in [0.4, 0.5) is 14.6 Å². The summed E-state index contributed by atoms with van der Waals surface area (Å²) >= 11 is 5.98. The first-order valence-corrected chi connectivity index (χ1v) is 15.7. The molecule has 14 heteroatoms. The summed E-state index contributed by atoms with van der Waals surface area (Å²) in [5.74, 6) is -1.39. The van der Waals surface area contributed by atoms with Gasteiger partial charge in [-0.15, -0.1) is 0 Å². The molecule has 0 saturated carbocycles. The van der Waals surface area contributed by atoms with Crippen molar-refractivity contribution in [2.24, 2.45) is 5.92 Å². The van der Waals surface area contributed by atoms with E-state index < -0.39 is 35.0 Å². The van der Waals surface area contributed by atoms with Crippen LogP contribution in [0.25, 0.3) is 22.1 Å². The number of aliphatic carboxylic acids is 1. The molecule has 0 unspecified atom stereocenters. The average molecular weight is 658 g/mol. The van der Waals surface area contributed by atoms with Gasteiger partial charge >= 0.3 is 5.97 Å². The number of ether oxygens (including phenoxy) is 1. The third kappa shape index (κ3) is 6.17. The summed E-state index contributed by atoms with van der Waals surface area (Å²) in [7, 11) is 0. The molecule has 4 aromatic rings. The highest BCUT2D eigenvalue weighted by atomic mass is 35.5. The van der Waals surface area contributed by atoms with Crippen LogP contribution in [0, 0.1) is 11.7 Å². The van der Waals surface area contributed by atoms with Crippen molar-refractivity contribution in [1.29, 1.82) is 0 Å². The number of rotatable bonds is 10. The van der Waals surface area contributed by atoms with Crippen LogP contribution in [0.3, 0.4) is 0 Å². The van der Waals surface area contributed by atoms with Crippen molar-refractivity contribution in [2.45, 2.75) is 57.2 Å². The second-order valence-corrected chi connectivity index (χ2v) is 12.4. The van der Waals surface area contributed by atoms with E-state index in [4.69, 9.17) is 30.7 Å². The largest absolute Gasteiger partial charge is 0.480 e. The number of piperidine rings is 1. The summed E-state index contributed by atoms with van der Waals surface area (Å²) < 4.78 is 41.4. The maximum atomic E-state index is 15.9. The third-order valence-electron chi connectivity index (χ3n) is 8.97. The topological polar surface area (TPSA) is 142 Å². The van der Waals surface area contributed by atoms with Crippen LogP contribution >= 0.6 is 11.6 Å². The zero-order valence-corrected chi connectivity index (χ0v) is 26.0. The van der Waals surface area contributed by atoms with E-state index in [-0.39, 0.29) is 42.6 Å². The lowest BCUT2D eigenvalue weighted by Crippen LogP contribution is -2.51. The number of furan rings is 1. The summed E-state index contributed by atoms with van der Waals surface area (Å²) in [5.41, 5.74) is -1.31. The lowest BCUT2D eigenvalue weighted by molar-refractivity contribution is -0.141. The quantitative estimate of drug-likeness (QED) is 0.226. The van der Waals surface area contributed by atoms with Gasteiger partial charge in [0.2, 0.25) is 5.91 Å². The molecule has 2 N–H and O–H groups in total. The van der Waals surface area contributed by atoms with Gasteiger partial charge in [-0.1, -0.05) is 18.5 Å². The van der Waals surface area contributed by atoms with Crippen molar-refractivity contribution in [3.05, 3.63) is 63.0 Å². The van der Waals surface area contributed by atoms with Crippen LogP contribution in [0.5, 0.6) is 0 Å². The van der Waals surface area contributed by atoms with Gasteiger partial charge in [-0.05, 0) is 43.9 Å². The van der Waals surface area contributed by atoms with E-state index >= 15 is 4.39 Å². The summed E-state index contributed by atoms with van der Waals surface area (Å²) in [5, 5.41) is 10.6. The zero-order chi connectivity index (χ0) is 32.6. The number of likely N-dealkylation sites (tertiary alicyclic amines) is 1. The third-order valence-corrected chi connectivity index (χ3v) is 9.19. The number of unbranched alkanes of at least 4 members (excludes halogenated alkanes) is 1. The minimum Gasteiger partial charge on any atom is -0.480 e. The Labute approximate surface area is 267 Å². The number of fused-ring (bicyclic) bond motifs is 3. The first-order chi connectivity index (χ1) is 22.0. The first-order valence-electron chi connectivity index (χ1n) is 15.4. The van der Waals surface area contributed by atoms with Gasteiger partial charge in [0.05, 0.1) is 10.6 Å². The number of carbonyl (C=O) groups is 2. The summed E-state index contributed by atoms with van der Waals surface area (Å²) in [6.07, 6.45) is 4.15. The van der Waals surface area contributed by atoms with E-state index in [1.807, 2.05) is 0 Å². The number of alkyl halides is 1. The van der Waals surface area contributed by atoms with Crippen molar-refractivity contribution in [3.8, 4) is 0 Å². The van der Waals surface area contributed by atoms with Gasteiger partial charge in [-0.3, -0.25) is 9.59 Å². The Balaban J connectivity index is 1.05. The van der Waals surface area contributed by atoms with Crippen molar-refractivity contribution in [3.63, 3.8) is 0 Å². The molecule has 0 spiro atoms. The van der Waals surface area contributed by atoms with Crippen molar-refractivity contribution >= 4 is 51.4 Å². The molecule has 3 atom stereocenters. The second kappa shape index (κ2) is 13.0. The van der Waals surface area contributed by atoms with E-state index in [9.17, 15) is 23.9 Å². The fourth-order valence-corrected chi connectivity index (χ4v) is 6.63. The normalized spacial score (nSPS) is 21.8. The minimum atomic E-state index is -1.90. The molecule has 0 aliphatic carbocycles. The van der Waals surface area contributed by atoms with Gasteiger partial charge in [-0.25, -0.2) is 23.5 Å². The summed E-state index contributed by atoms with van der Waals surface area (Å²) in [6.45, 7) is 2.60. The predicted molar refractivity (Wildman–Crippen MR) is 166 cm³/mol. The number of carboxylic acids is 1. The number of carbonyl (C=O) groups excluding carboxylic acids is 1. The lowest BCUT2D eigenvalue weighted by Gasteiger charge is -2.41. The van der Waals surface area contributed by atoms with E-state index in [1.54, 1.807) is 22.8 Å². The van der Waals surface area contributed by atoms with Crippen molar-refractivity contribution in [2.75, 3.05) is 37.7 Å². The molecule has 46 heavy (non-hydrogen) atoms. The van der Waals surface area contributed by atoms with E-state index in [0.29, 0.717) is 79.0 Å². The monoisotopic (exact) mass is 657 g/mol. The minimum absolute atomic E-state index is 0.0249. The van der Waals surface area contributed by atoms with Crippen molar-refractivity contribution in [1.82, 2.24) is 19.9 Å². The maximum absolute atomic E-state index is 15.9. The fourth-order valence-electron chi connectivity index (χ4n) is 6.47. The molecular formula is C32H34ClF2N5O6. The smallest absolute Gasteiger partial charge is 0.326 e. The summed E-state index contributed by atoms with van der Waals surface area (Å²) in [4.78, 5) is 52.1. The number of hydrogen-bond donors (Lipinski definition) is 2. The van der Waals surface area contributed by atoms with Gasteiger partial charge in [-0.2, -0.15) is 0 Å². The predicted octanol–water partition coefficient (Wildman–Crippen LogP) is 4.98. The van der Waals surface area contributed by atoms with Crippen LogP contribution in [0.15, 0.2) is 39.7 Å². The molecule has 2 fully saturated rings. The van der Waals surface area contributed by atoms with Crippen LogP contribution in [-0.4, -0.2) is 75.7 Å². The van der Waals surface area contributed by atoms with Gasteiger partial charge in [0.15, 0.2) is 11.4 Å². The SMILES string of the molecule is C[C@H]1CN(C(=O)COCCCCc2nc(N3CCC[C@H]3C(=O)O)c3oc4cc(F)ccc4c3n2)CC[C@]1(F)c1cc(Cl)c[nH]c1=O. The number of amides is 1. The first kappa shape index (κ1) is 31.9. The van der Waals surface area contributed by atoms with Crippen LogP contribution in [0.2, 0.25) is 5.02 Å². The zero-order valence-electron chi connectivity index (χ0n) is 25.2. The molecule has 244 valence electrons. The molecule has 6 rings (SSSR count). The number of carboxylic acid groups (broad SMARTS) is 1. The molecular weight excluding hydrogens is 624 g/mol. The highest BCUT2D eigenvalue weighted by Crippen LogP contribution is 2.40. The number of nitrogens with one attached hydrogen (secondary N) is 1. The Morgan fingerprint density at radius 1 is 1.24 bits per heavy atom. The van der Waals surface area contributed by atoms with Crippen molar-refractivity contribution < 1.29 is 32.6 Å². The number of aromatic amines is 1. The van der Waals surface area contributed by atoms with E-state index in [0.717, 1.165) is 0 Å². The van der Waals surface area contributed by atoms with Crippen LogP contribution in [-0.2, 0) is 26.4 Å². The highest BCUT2D eigenvalue weighted by molar-refractivity contribution is 6.30. The Morgan fingerprint density at radius 3 is 2.85 bits per heavy atom. The molecule has 3 aromatic heterocycles. The molecule has 1 aromatic carbocycles. The van der Waals surface area contributed by atoms with Gasteiger partial charge < -0.3 is 29.0 Å². The Bertz CT molecular complexity index is 1850. The second-order valence-electron chi connectivity index (χ2n) is 12.0. The number of pyridine rings is 1. The number of nitrogens with zero attached hydrogens (tertiary/aromatic N) is 4. The van der Waals surface area contributed by atoms with Crippen LogP contribution < -0.4 is 10.5 Å². The summed E-state index contributed by atoms with van der Waals surface area (Å²) in [6, 6.07) is 4.79. The van der Waals surface area contributed by atoms with E-state index in [2.05, 4.69) is 4.98 Å². The van der Waals surface area contributed by atoms with Gasteiger partial charge in [0.1, 0.15) is 41.1 Å². The molecule has 2 aliphatic rings. The lowest BCUT2D eigenvalue weighted by atomic mass is 9.79. The highest BCUT2D eigenvalue weighted by Gasteiger charge is 2.45. The number of halogens is 3. The Hall–Kier alpha value is -4.10. The van der Waals surface area contributed by atoms with E-state index in [1.165, 1.54) is 24.4 Å².